The van der Waals surface area contributed by atoms with Gasteiger partial charge in [-0.25, -0.2) is 0 Å². The van der Waals surface area contributed by atoms with Crippen molar-refractivity contribution in [2.75, 3.05) is 7.11 Å². The summed E-state index contributed by atoms with van der Waals surface area (Å²) >= 11 is 0. The number of alkyl halides is 3. The molecule has 0 spiro atoms. The summed E-state index contributed by atoms with van der Waals surface area (Å²) in [6.07, 6.45) is -1.42. The lowest BCUT2D eigenvalue weighted by atomic mass is 10.2. The van der Waals surface area contributed by atoms with Crippen molar-refractivity contribution >= 4 is 17.1 Å². The summed E-state index contributed by atoms with van der Waals surface area (Å²) in [7, 11) is 1.41. The van der Waals surface area contributed by atoms with Gasteiger partial charge in [-0.15, -0.1) is 0 Å². The van der Waals surface area contributed by atoms with Crippen LogP contribution in [0.1, 0.15) is 5.56 Å². The average Bonchev–Trinajstić information content (AvgIpc) is 2.67. The molecule has 1 aromatic heterocycles. The molecule has 1 aromatic carbocycles. The van der Waals surface area contributed by atoms with E-state index in [-0.39, 0.29) is 0 Å². The number of rotatable bonds is 3. The third kappa shape index (κ3) is 2.79. The average molecular weight is 257 g/mol. The highest BCUT2D eigenvalue weighted by Gasteiger charge is 2.29. The minimum absolute atomic E-state index is 0.432. The molecule has 2 rings (SSSR count). The lowest BCUT2D eigenvalue weighted by Crippen LogP contribution is -2.18. The second kappa shape index (κ2) is 4.67. The Balaban J connectivity index is 2.35. The van der Waals surface area contributed by atoms with E-state index in [4.69, 9.17) is 0 Å². The van der Waals surface area contributed by atoms with E-state index in [9.17, 15) is 13.2 Å². The number of nitrogens with zero attached hydrogens (tertiary/aromatic N) is 3. The molecule has 0 bridgehead atoms. The molecule has 96 valence electrons. The molecule has 4 nitrogen and oxygen atoms in total. The zero-order valence-corrected chi connectivity index (χ0v) is 9.48. The van der Waals surface area contributed by atoms with Crippen molar-refractivity contribution in [1.82, 2.24) is 9.78 Å². The molecular weight excluding hydrogens is 247 g/mol. The number of benzene rings is 1. The molecule has 0 saturated heterocycles. The molecule has 0 aliphatic rings. The van der Waals surface area contributed by atoms with Gasteiger partial charge in [0.25, 0.3) is 0 Å². The summed E-state index contributed by atoms with van der Waals surface area (Å²) in [6.45, 7) is -1.10. The SMILES string of the molecule is CO/N=C/c1ccc2c(cnn2CC(F)(F)F)c1. The van der Waals surface area contributed by atoms with Crippen LogP contribution in [0.15, 0.2) is 29.6 Å². The van der Waals surface area contributed by atoms with Crippen LogP contribution in [0.3, 0.4) is 0 Å². The van der Waals surface area contributed by atoms with Gasteiger partial charge in [-0.05, 0) is 17.7 Å². The summed E-state index contributed by atoms with van der Waals surface area (Å²) in [5.74, 6) is 0. The van der Waals surface area contributed by atoms with Crippen molar-refractivity contribution < 1.29 is 18.0 Å². The quantitative estimate of drug-likeness (QED) is 0.626. The standard InChI is InChI=1S/C11H10F3N3O/c1-18-16-5-8-2-3-10-9(4-8)6-15-17(10)7-11(12,13)14/h2-6H,7H2,1H3/b16-5+. The lowest BCUT2D eigenvalue weighted by molar-refractivity contribution is -0.141. The van der Waals surface area contributed by atoms with Gasteiger partial charge in [0.15, 0.2) is 0 Å². The maximum atomic E-state index is 12.3. The third-order valence-electron chi connectivity index (χ3n) is 2.30. The van der Waals surface area contributed by atoms with E-state index in [0.29, 0.717) is 10.9 Å². The van der Waals surface area contributed by atoms with Crippen molar-refractivity contribution in [2.24, 2.45) is 5.16 Å². The Morgan fingerprint density at radius 1 is 1.44 bits per heavy atom. The molecule has 0 amide bonds. The van der Waals surface area contributed by atoms with E-state index >= 15 is 0 Å². The van der Waals surface area contributed by atoms with Gasteiger partial charge < -0.3 is 4.84 Å². The van der Waals surface area contributed by atoms with Gasteiger partial charge in [-0.1, -0.05) is 11.2 Å². The number of halogens is 3. The molecule has 0 unspecified atom stereocenters. The zero-order valence-electron chi connectivity index (χ0n) is 9.48. The van der Waals surface area contributed by atoms with Crippen LogP contribution in [0.4, 0.5) is 13.2 Å². The Morgan fingerprint density at radius 2 is 2.22 bits per heavy atom. The molecule has 0 atom stereocenters. The van der Waals surface area contributed by atoms with Crippen LogP contribution in [-0.2, 0) is 11.4 Å². The highest BCUT2D eigenvalue weighted by molar-refractivity contribution is 5.88. The van der Waals surface area contributed by atoms with E-state index < -0.39 is 12.7 Å². The largest absolute Gasteiger partial charge is 0.408 e. The Hall–Kier alpha value is -2.05. The van der Waals surface area contributed by atoms with Gasteiger partial charge in [-0.2, -0.15) is 18.3 Å². The normalized spacial score (nSPS) is 12.4. The molecule has 1 heterocycles. The van der Waals surface area contributed by atoms with Crippen LogP contribution < -0.4 is 0 Å². The second-order valence-electron chi connectivity index (χ2n) is 3.65. The number of fused-ring (bicyclic) bond motifs is 1. The molecule has 0 radical (unpaired) electrons. The predicted octanol–water partition coefficient (Wildman–Crippen LogP) is 2.58. The maximum Gasteiger partial charge on any atom is 0.408 e. The number of oxime groups is 1. The van der Waals surface area contributed by atoms with Crippen LogP contribution in [-0.4, -0.2) is 29.3 Å². The lowest BCUT2D eigenvalue weighted by Gasteiger charge is -2.07. The summed E-state index contributed by atoms with van der Waals surface area (Å²) in [4.78, 5) is 4.53. The van der Waals surface area contributed by atoms with Crippen molar-refractivity contribution in [1.29, 1.82) is 0 Å². The molecule has 0 N–H and O–H groups in total. The Morgan fingerprint density at radius 3 is 2.89 bits per heavy atom. The first-order chi connectivity index (χ1) is 8.49. The van der Waals surface area contributed by atoms with Crippen LogP contribution in [0.2, 0.25) is 0 Å². The van der Waals surface area contributed by atoms with Crippen molar-refractivity contribution in [3.63, 3.8) is 0 Å². The van der Waals surface area contributed by atoms with Gasteiger partial charge in [0.2, 0.25) is 0 Å². The molecular formula is C11H10F3N3O. The third-order valence-corrected chi connectivity index (χ3v) is 2.30. The minimum Gasteiger partial charge on any atom is -0.399 e. The first-order valence-corrected chi connectivity index (χ1v) is 5.08. The highest BCUT2D eigenvalue weighted by atomic mass is 19.4. The Labute approximate surface area is 101 Å². The second-order valence-corrected chi connectivity index (χ2v) is 3.65. The monoisotopic (exact) mass is 257 g/mol. The van der Waals surface area contributed by atoms with Gasteiger partial charge >= 0.3 is 6.18 Å². The molecule has 0 fully saturated rings. The fourth-order valence-electron chi connectivity index (χ4n) is 1.60. The summed E-state index contributed by atoms with van der Waals surface area (Å²) in [5, 5.41) is 7.93. The molecule has 7 heteroatoms. The summed E-state index contributed by atoms with van der Waals surface area (Å²) < 4.78 is 37.8. The maximum absolute atomic E-state index is 12.3. The molecule has 18 heavy (non-hydrogen) atoms. The van der Waals surface area contributed by atoms with E-state index in [0.717, 1.165) is 10.2 Å². The van der Waals surface area contributed by atoms with E-state index in [1.54, 1.807) is 18.2 Å². The molecule has 0 saturated carbocycles. The van der Waals surface area contributed by atoms with Crippen LogP contribution in [0, 0.1) is 0 Å². The number of hydrogen-bond acceptors (Lipinski definition) is 3. The van der Waals surface area contributed by atoms with Gasteiger partial charge in [0.05, 0.1) is 17.9 Å². The molecule has 0 aliphatic carbocycles. The van der Waals surface area contributed by atoms with Gasteiger partial charge in [0.1, 0.15) is 13.7 Å². The fraction of sp³-hybridized carbons (Fsp3) is 0.273. The summed E-state index contributed by atoms with van der Waals surface area (Å²) in [6, 6.07) is 4.92. The van der Waals surface area contributed by atoms with E-state index in [2.05, 4.69) is 15.1 Å². The van der Waals surface area contributed by atoms with Gasteiger partial charge in [0, 0.05) is 5.39 Å². The smallest absolute Gasteiger partial charge is 0.399 e. The van der Waals surface area contributed by atoms with Crippen LogP contribution in [0.5, 0.6) is 0 Å². The van der Waals surface area contributed by atoms with E-state index in [1.165, 1.54) is 19.5 Å². The zero-order chi connectivity index (χ0) is 13.2. The fourth-order valence-corrected chi connectivity index (χ4v) is 1.60. The first-order valence-electron chi connectivity index (χ1n) is 5.08. The molecule has 2 aromatic rings. The predicted molar refractivity (Wildman–Crippen MR) is 60.4 cm³/mol. The van der Waals surface area contributed by atoms with E-state index in [1.807, 2.05) is 0 Å². The number of hydrogen-bond donors (Lipinski definition) is 0. The minimum atomic E-state index is -4.28. The van der Waals surface area contributed by atoms with Crippen molar-refractivity contribution in [3.8, 4) is 0 Å². The Kier molecular flexibility index (Phi) is 3.22. The Bertz CT molecular complexity index is 574. The topological polar surface area (TPSA) is 39.4 Å². The first kappa shape index (κ1) is 12.4. The highest BCUT2D eigenvalue weighted by Crippen LogP contribution is 2.21. The van der Waals surface area contributed by atoms with Crippen LogP contribution in [0.25, 0.3) is 10.9 Å². The summed E-state index contributed by atoms with van der Waals surface area (Å²) in [5.41, 5.74) is 1.16. The van der Waals surface area contributed by atoms with Gasteiger partial charge in [-0.3, -0.25) is 4.68 Å². The van der Waals surface area contributed by atoms with Crippen LogP contribution >= 0.6 is 0 Å². The molecule has 0 aliphatic heterocycles. The number of aromatic nitrogens is 2. The van der Waals surface area contributed by atoms with Crippen molar-refractivity contribution in [2.45, 2.75) is 12.7 Å². The van der Waals surface area contributed by atoms with Crippen molar-refractivity contribution in [3.05, 3.63) is 30.0 Å².